The minimum atomic E-state index is 0.00699. The first kappa shape index (κ1) is 14.6. The Hall–Kier alpha value is -0.460. The summed E-state index contributed by atoms with van der Waals surface area (Å²) in [6, 6.07) is 1.90. The summed E-state index contributed by atoms with van der Waals surface area (Å²) in [5, 5.41) is 0. The van der Waals surface area contributed by atoms with Crippen LogP contribution in [0.5, 0.6) is 0 Å². The lowest BCUT2D eigenvalue weighted by molar-refractivity contribution is 0.0753. The van der Waals surface area contributed by atoms with Crippen molar-refractivity contribution >= 4 is 50.4 Å². The van der Waals surface area contributed by atoms with Crippen LogP contribution in [0.2, 0.25) is 0 Å². The predicted molar refractivity (Wildman–Crippen MR) is 79.7 cm³/mol. The first-order valence-corrected chi connectivity index (χ1v) is 7.16. The standard InChI is InChI=1S/C11H15BrN2OS2/c1-6-4-8(17-10(6)12)11(15)14(3)7(2)5-9(13)16/h4,7H,5H2,1-3H3,(H2,13,16). The van der Waals surface area contributed by atoms with Crippen LogP contribution in [-0.4, -0.2) is 28.9 Å². The van der Waals surface area contributed by atoms with E-state index in [0.717, 1.165) is 14.2 Å². The number of halogens is 1. The molecule has 1 aromatic rings. The number of aryl methyl sites for hydroxylation is 1. The molecule has 17 heavy (non-hydrogen) atoms. The van der Waals surface area contributed by atoms with Gasteiger partial charge in [0, 0.05) is 19.5 Å². The summed E-state index contributed by atoms with van der Waals surface area (Å²) < 4.78 is 0.997. The zero-order valence-corrected chi connectivity index (χ0v) is 13.2. The number of thiocarbonyl (C=S) groups is 1. The third kappa shape index (κ3) is 3.76. The summed E-state index contributed by atoms with van der Waals surface area (Å²) in [5.74, 6) is 0.00699. The Balaban J connectivity index is 2.79. The van der Waals surface area contributed by atoms with Crippen molar-refractivity contribution in [2.45, 2.75) is 26.3 Å². The summed E-state index contributed by atoms with van der Waals surface area (Å²) >= 11 is 9.72. The smallest absolute Gasteiger partial charge is 0.263 e. The first-order chi connectivity index (χ1) is 7.82. The molecule has 0 radical (unpaired) electrons. The molecule has 6 heteroatoms. The van der Waals surface area contributed by atoms with Crippen molar-refractivity contribution in [3.05, 3.63) is 20.3 Å². The van der Waals surface area contributed by atoms with Crippen LogP contribution in [0.4, 0.5) is 0 Å². The fourth-order valence-electron chi connectivity index (χ4n) is 1.37. The van der Waals surface area contributed by atoms with Gasteiger partial charge in [-0.25, -0.2) is 0 Å². The van der Waals surface area contributed by atoms with E-state index in [-0.39, 0.29) is 11.9 Å². The SMILES string of the molecule is Cc1cc(C(=O)N(C)C(C)CC(N)=S)sc1Br. The second-order valence-electron chi connectivity index (χ2n) is 4.00. The summed E-state index contributed by atoms with van der Waals surface area (Å²) in [4.78, 5) is 15.0. The van der Waals surface area contributed by atoms with Gasteiger partial charge < -0.3 is 10.6 Å². The van der Waals surface area contributed by atoms with Gasteiger partial charge in [-0.05, 0) is 41.4 Å². The van der Waals surface area contributed by atoms with E-state index in [1.54, 1.807) is 11.9 Å². The normalized spacial score (nSPS) is 12.2. The maximum Gasteiger partial charge on any atom is 0.263 e. The molecule has 1 rings (SSSR count). The molecule has 2 N–H and O–H groups in total. The van der Waals surface area contributed by atoms with Gasteiger partial charge in [0.05, 0.1) is 13.7 Å². The van der Waals surface area contributed by atoms with Gasteiger partial charge in [-0.1, -0.05) is 12.2 Å². The number of thiophene rings is 1. The van der Waals surface area contributed by atoms with Gasteiger partial charge in [0.1, 0.15) is 0 Å². The Labute approximate surface area is 119 Å². The largest absolute Gasteiger partial charge is 0.393 e. The number of hydrogen-bond donors (Lipinski definition) is 1. The number of nitrogens with zero attached hydrogens (tertiary/aromatic N) is 1. The van der Waals surface area contributed by atoms with Gasteiger partial charge in [-0.2, -0.15) is 0 Å². The van der Waals surface area contributed by atoms with Crippen LogP contribution in [0.15, 0.2) is 9.85 Å². The minimum absolute atomic E-state index is 0.00699. The van der Waals surface area contributed by atoms with E-state index in [4.69, 9.17) is 18.0 Å². The number of carbonyl (C=O) groups excluding carboxylic acids is 1. The number of hydrogen-bond acceptors (Lipinski definition) is 3. The minimum Gasteiger partial charge on any atom is -0.393 e. The van der Waals surface area contributed by atoms with Crippen LogP contribution in [0.3, 0.4) is 0 Å². The highest BCUT2D eigenvalue weighted by atomic mass is 79.9. The maximum absolute atomic E-state index is 12.2. The average Bonchev–Trinajstić information content (AvgIpc) is 2.56. The Bertz CT molecular complexity index is 425. The molecule has 0 aliphatic carbocycles. The molecule has 94 valence electrons. The Kier molecular flexibility index (Phi) is 5.09. The molecule has 1 aromatic heterocycles. The highest BCUT2D eigenvalue weighted by Crippen LogP contribution is 2.28. The van der Waals surface area contributed by atoms with Crippen LogP contribution in [0, 0.1) is 6.92 Å². The fourth-order valence-corrected chi connectivity index (χ4v) is 3.13. The molecule has 0 fully saturated rings. The van der Waals surface area contributed by atoms with Gasteiger partial charge in [0.2, 0.25) is 0 Å². The van der Waals surface area contributed by atoms with Gasteiger partial charge >= 0.3 is 0 Å². The predicted octanol–water partition coefficient (Wildman–Crippen LogP) is 2.96. The zero-order valence-electron chi connectivity index (χ0n) is 9.99. The van der Waals surface area contributed by atoms with Crippen LogP contribution in [0.25, 0.3) is 0 Å². The van der Waals surface area contributed by atoms with Gasteiger partial charge in [-0.15, -0.1) is 11.3 Å². The van der Waals surface area contributed by atoms with E-state index in [1.807, 2.05) is 19.9 Å². The molecule has 1 amide bonds. The van der Waals surface area contributed by atoms with E-state index in [0.29, 0.717) is 11.4 Å². The monoisotopic (exact) mass is 334 g/mol. The summed E-state index contributed by atoms with van der Waals surface area (Å²) in [6.07, 6.45) is 0.545. The zero-order chi connectivity index (χ0) is 13.2. The molecule has 0 spiro atoms. The van der Waals surface area contributed by atoms with E-state index in [9.17, 15) is 4.79 Å². The second-order valence-corrected chi connectivity index (χ2v) is 6.90. The number of rotatable bonds is 4. The average molecular weight is 335 g/mol. The Morgan fingerprint density at radius 3 is 2.71 bits per heavy atom. The van der Waals surface area contributed by atoms with Gasteiger partial charge in [0.25, 0.3) is 5.91 Å². The Morgan fingerprint density at radius 1 is 1.71 bits per heavy atom. The highest BCUT2D eigenvalue weighted by Gasteiger charge is 2.20. The second kappa shape index (κ2) is 5.93. The quantitative estimate of drug-likeness (QED) is 0.861. The van der Waals surface area contributed by atoms with E-state index in [1.165, 1.54) is 11.3 Å². The molecule has 0 saturated heterocycles. The lowest BCUT2D eigenvalue weighted by Gasteiger charge is -2.23. The van der Waals surface area contributed by atoms with Crippen molar-refractivity contribution in [3.8, 4) is 0 Å². The molecular weight excluding hydrogens is 320 g/mol. The summed E-state index contributed by atoms with van der Waals surface area (Å²) in [6.45, 7) is 3.91. The van der Waals surface area contributed by atoms with Gasteiger partial charge in [0.15, 0.2) is 0 Å². The van der Waals surface area contributed by atoms with Crippen molar-refractivity contribution in [3.63, 3.8) is 0 Å². The van der Waals surface area contributed by atoms with Crippen LogP contribution in [0.1, 0.15) is 28.6 Å². The van der Waals surface area contributed by atoms with Crippen molar-refractivity contribution in [1.29, 1.82) is 0 Å². The molecule has 0 aliphatic heterocycles. The number of amides is 1. The Morgan fingerprint density at radius 2 is 2.29 bits per heavy atom. The fraction of sp³-hybridized carbons (Fsp3) is 0.455. The van der Waals surface area contributed by atoms with Crippen molar-refractivity contribution < 1.29 is 4.79 Å². The van der Waals surface area contributed by atoms with Crippen LogP contribution in [-0.2, 0) is 0 Å². The third-order valence-electron chi connectivity index (χ3n) is 2.55. The topological polar surface area (TPSA) is 46.3 Å². The van der Waals surface area contributed by atoms with Crippen LogP contribution >= 0.6 is 39.5 Å². The summed E-state index contributed by atoms with van der Waals surface area (Å²) in [5.41, 5.74) is 6.56. The lowest BCUT2D eigenvalue weighted by atomic mass is 10.2. The number of carbonyl (C=O) groups is 1. The molecule has 1 atom stereocenters. The van der Waals surface area contributed by atoms with Crippen molar-refractivity contribution in [2.75, 3.05) is 7.05 Å². The molecule has 1 heterocycles. The van der Waals surface area contributed by atoms with Crippen LogP contribution < -0.4 is 5.73 Å². The molecule has 3 nitrogen and oxygen atoms in total. The van der Waals surface area contributed by atoms with E-state index >= 15 is 0 Å². The summed E-state index contributed by atoms with van der Waals surface area (Å²) in [7, 11) is 1.77. The van der Waals surface area contributed by atoms with E-state index < -0.39 is 0 Å². The third-order valence-corrected chi connectivity index (χ3v) is 4.84. The van der Waals surface area contributed by atoms with E-state index in [2.05, 4.69) is 15.9 Å². The number of nitrogens with two attached hydrogens (primary N) is 1. The molecule has 0 aliphatic rings. The molecule has 1 unspecified atom stereocenters. The molecule has 0 saturated carbocycles. The molecule has 0 bridgehead atoms. The molecule has 0 aromatic carbocycles. The van der Waals surface area contributed by atoms with Crippen molar-refractivity contribution in [2.24, 2.45) is 5.73 Å². The first-order valence-electron chi connectivity index (χ1n) is 5.14. The van der Waals surface area contributed by atoms with Gasteiger partial charge in [-0.3, -0.25) is 4.79 Å². The van der Waals surface area contributed by atoms with Crippen molar-refractivity contribution in [1.82, 2.24) is 4.90 Å². The maximum atomic E-state index is 12.2. The highest BCUT2D eigenvalue weighted by molar-refractivity contribution is 9.11. The lowest BCUT2D eigenvalue weighted by Crippen LogP contribution is -2.37. The molecular formula is C11H15BrN2OS2.